The highest BCUT2D eigenvalue weighted by Crippen LogP contribution is 2.18. The summed E-state index contributed by atoms with van der Waals surface area (Å²) in [6.07, 6.45) is 1.57. The van der Waals surface area contributed by atoms with Gasteiger partial charge in [0.15, 0.2) is 0 Å². The number of carbonyl (C=O) groups excluding carboxylic acids is 1. The summed E-state index contributed by atoms with van der Waals surface area (Å²) in [5.41, 5.74) is 0.386. The fraction of sp³-hybridized carbons (Fsp3) is 0.538. The molecule has 0 saturated heterocycles. The van der Waals surface area contributed by atoms with Gasteiger partial charge >= 0.3 is 0 Å². The molecule has 1 N–H and O–H groups in total. The molecule has 106 valence electrons. The number of hydrogen-bond acceptors (Lipinski definition) is 3. The van der Waals surface area contributed by atoms with Gasteiger partial charge in [-0.3, -0.25) is 4.79 Å². The second-order valence-corrected chi connectivity index (χ2v) is 6.25. The summed E-state index contributed by atoms with van der Waals surface area (Å²) >= 11 is 9.21. The molecular weight excluding hydrogens is 330 g/mol. The van der Waals surface area contributed by atoms with E-state index in [2.05, 4.69) is 45.0 Å². The lowest BCUT2D eigenvalue weighted by molar-refractivity contribution is 0.0934. The first kappa shape index (κ1) is 16.4. The molecule has 6 heteroatoms. The van der Waals surface area contributed by atoms with E-state index in [0.29, 0.717) is 18.0 Å². The molecule has 1 atom stereocenters. The van der Waals surface area contributed by atoms with Crippen LogP contribution in [0.5, 0.6) is 0 Å². The molecule has 0 aliphatic heterocycles. The van der Waals surface area contributed by atoms with Crippen LogP contribution >= 0.6 is 27.5 Å². The van der Waals surface area contributed by atoms with Gasteiger partial charge in [0, 0.05) is 23.3 Å². The summed E-state index contributed by atoms with van der Waals surface area (Å²) in [5, 5.41) is 3.12. The molecule has 1 aromatic rings. The summed E-state index contributed by atoms with van der Waals surface area (Å²) in [7, 11) is 4.01. The zero-order valence-electron chi connectivity index (χ0n) is 11.6. The van der Waals surface area contributed by atoms with Crippen molar-refractivity contribution in [1.29, 1.82) is 0 Å². The third-order valence-electron chi connectivity index (χ3n) is 2.95. The number of halogens is 2. The molecule has 19 heavy (non-hydrogen) atoms. The molecule has 0 fully saturated rings. The summed E-state index contributed by atoms with van der Waals surface area (Å²) < 4.78 is 0.732. The SMILES string of the molecule is CC(C)C(CNC(=O)c1cc(Br)cnc1Cl)N(C)C. The number of pyridine rings is 1. The minimum atomic E-state index is -0.202. The first-order valence-electron chi connectivity index (χ1n) is 6.08. The second-order valence-electron chi connectivity index (χ2n) is 4.98. The quantitative estimate of drug-likeness (QED) is 0.832. The minimum absolute atomic E-state index is 0.202. The molecule has 1 heterocycles. The van der Waals surface area contributed by atoms with E-state index in [4.69, 9.17) is 11.6 Å². The molecule has 1 rings (SSSR count). The Hall–Kier alpha value is -0.650. The van der Waals surface area contributed by atoms with Crippen LogP contribution in [0, 0.1) is 5.92 Å². The van der Waals surface area contributed by atoms with Crippen LogP contribution in [-0.2, 0) is 0 Å². The van der Waals surface area contributed by atoms with E-state index < -0.39 is 0 Å². The largest absolute Gasteiger partial charge is 0.350 e. The van der Waals surface area contributed by atoms with Gasteiger partial charge in [-0.1, -0.05) is 25.4 Å². The maximum atomic E-state index is 12.1. The molecule has 1 amide bonds. The van der Waals surface area contributed by atoms with Crippen LogP contribution in [0.2, 0.25) is 5.15 Å². The fourth-order valence-corrected chi connectivity index (χ4v) is 2.41. The van der Waals surface area contributed by atoms with Gasteiger partial charge in [0.2, 0.25) is 0 Å². The minimum Gasteiger partial charge on any atom is -0.350 e. The lowest BCUT2D eigenvalue weighted by atomic mass is 10.0. The third-order valence-corrected chi connectivity index (χ3v) is 3.69. The number of amides is 1. The summed E-state index contributed by atoms with van der Waals surface area (Å²) in [4.78, 5) is 18.1. The maximum Gasteiger partial charge on any atom is 0.254 e. The average Bonchev–Trinajstić information content (AvgIpc) is 2.31. The lowest BCUT2D eigenvalue weighted by Crippen LogP contribution is -2.43. The van der Waals surface area contributed by atoms with Crippen LogP contribution in [0.3, 0.4) is 0 Å². The number of rotatable bonds is 5. The average molecular weight is 349 g/mol. The molecule has 0 aliphatic carbocycles. The van der Waals surface area contributed by atoms with E-state index in [-0.39, 0.29) is 17.1 Å². The Bertz CT molecular complexity index is 444. The van der Waals surface area contributed by atoms with Crippen molar-refractivity contribution in [3.8, 4) is 0 Å². The summed E-state index contributed by atoms with van der Waals surface area (Å²) in [6.45, 7) is 4.83. The lowest BCUT2D eigenvalue weighted by Gasteiger charge is -2.28. The Morgan fingerprint density at radius 2 is 2.16 bits per heavy atom. The molecule has 0 aromatic carbocycles. The van der Waals surface area contributed by atoms with E-state index >= 15 is 0 Å². The van der Waals surface area contributed by atoms with Gasteiger partial charge in [0.1, 0.15) is 5.15 Å². The van der Waals surface area contributed by atoms with Crippen LogP contribution in [0.15, 0.2) is 16.7 Å². The van der Waals surface area contributed by atoms with Gasteiger partial charge < -0.3 is 10.2 Å². The number of likely N-dealkylation sites (N-methyl/N-ethyl adjacent to an activating group) is 1. The van der Waals surface area contributed by atoms with E-state index in [1.54, 1.807) is 12.3 Å². The van der Waals surface area contributed by atoms with Gasteiger partial charge in [-0.25, -0.2) is 4.98 Å². The van der Waals surface area contributed by atoms with Gasteiger partial charge in [0.05, 0.1) is 5.56 Å². The van der Waals surface area contributed by atoms with Gasteiger partial charge in [-0.2, -0.15) is 0 Å². The van der Waals surface area contributed by atoms with E-state index in [1.165, 1.54) is 0 Å². The molecule has 1 unspecified atom stereocenters. The van der Waals surface area contributed by atoms with E-state index in [0.717, 1.165) is 4.47 Å². The molecular formula is C13H19BrClN3O. The Labute approximate surface area is 127 Å². The fourth-order valence-electron chi connectivity index (χ4n) is 1.89. The van der Waals surface area contributed by atoms with Crippen LogP contribution in [-0.4, -0.2) is 42.5 Å². The first-order chi connectivity index (χ1) is 8.82. The van der Waals surface area contributed by atoms with Crippen molar-refractivity contribution in [2.24, 2.45) is 5.92 Å². The topological polar surface area (TPSA) is 45.2 Å². The van der Waals surface area contributed by atoms with Crippen molar-refractivity contribution in [3.05, 3.63) is 27.5 Å². The van der Waals surface area contributed by atoms with Gasteiger partial charge in [-0.15, -0.1) is 0 Å². The number of nitrogens with one attached hydrogen (secondary N) is 1. The van der Waals surface area contributed by atoms with Crippen molar-refractivity contribution < 1.29 is 4.79 Å². The maximum absolute atomic E-state index is 12.1. The number of aromatic nitrogens is 1. The van der Waals surface area contributed by atoms with Crippen LogP contribution in [0.1, 0.15) is 24.2 Å². The molecule has 0 bridgehead atoms. The molecule has 0 saturated carbocycles. The van der Waals surface area contributed by atoms with Crippen molar-refractivity contribution >= 4 is 33.4 Å². The smallest absolute Gasteiger partial charge is 0.254 e. The Kier molecular flexibility index (Phi) is 6.23. The standard InChI is InChI=1S/C13H19BrClN3O/c1-8(2)11(18(3)4)7-17-13(19)10-5-9(14)6-16-12(10)15/h5-6,8,11H,7H2,1-4H3,(H,17,19). The van der Waals surface area contributed by atoms with Crippen molar-refractivity contribution in [2.75, 3.05) is 20.6 Å². The Morgan fingerprint density at radius 1 is 1.53 bits per heavy atom. The monoisotopic (exact) mass is 347 g/mol. The predicted molar refractivity (Wildman–Crippen MR) is 81.6 cm³/mol. The van der Waals surface area contributed by atoms with Crippen molar-refractivity contribution in [2.45, 2.75) is 19.9 Å². The number of carbonyl (C=O) groups is 1. The Morgan fingerprint density at radius 3 is 2.68 bits per heavy atom. The zero-order valence-corrected chi connectivity index (χ0v) is 13.9. The molecule has 4 nitrogen and oxygen atoms in total. The first-order valence-corrected chi connectivity index (χ1v) is 7.25. The molecule has 0 spiro atoms. The summed E-state index contributed by atoms with van der Waals surface area (Å²) in [6, 6.07) is 1.95. The number of nitrogens with zero attached hydrogens (tertiary/aromatic N) is 2. The predicted octanol–water partition coefficient (Wildman–Crippen LogP) is 2.81. The second kappa shape index (κ2) is 7.22. The van der Waals surface area contributed by atoms with Gasteiger partial charge in [0.25, 0.3) is 5.91 Å². The number of hydrogen-bond donors (Lipinski definition) is 1. The highest BCUT2D eigenvalue weighted by molar-refractivity contribution is 9.10. The summed E-state index contributed by atoms with van der Waals surface area (Å²) in [5.74, 6) is 0.248. The zero-order chi connectivity index (χ0) is 14.6. The van der Waals surface area contributed by atoms with Crippen molar-refractivity contribution in [3.63, 3.8) is 0 Å². The van der Waals surface area contributed by atoms with Crippen LogP contribution < -0.4 is 5.32 Å². The van der Waals surface area contributed by atoms with E-state index in [1.807, 2.05) is 14.1 Å². The Balaban J connectivity index is 2.72. The van der Waals surface area contributed by atoms with E-state index in [9.17, 15) is 4.79 Å². The molecule has 0 radical (unpaired) electrons. The highest BCUT2D eigenvalue weighted by atomic mass is 79.9. The third kappa shape index (κ3) is 4.75. The van der Waals surface area contributed by atoms with Crippen LogP contribution in [0.4, 0.5) is 0 Å². The molecule has 0 aliphatic rings. The highest BCUT2D eigenvalue weighted by Gasteiger charge is 2.18. The van der Waals surface area contributed by atoms with Crippen LogP contribution in [0.25, 0.3) is 0 Å². The van der Waals surface area contributed by atoms with Gasteiger partial charge in [-0.05, 0) is 42.0 Å². The molecule has 1 aromatic heterocycles. The normalized spacial score (nSPS) is 12.8. The van der Waals surface area contributed by atoms with Crippen molar-refractivity contribution in [1.82, 2.24) is 15.2 Å².